The topological polar surface area (TPSA) is 30.7 Å². The number of nitrogens with zero attached hydrogens (tertiary/aromatic N) is 3. The number of fused-ring (bicyclic) bond motifs is 9. The highest BCUT2D eigenvalue weighted by Crippen LogP contribution is 2.73. The van der Waals surface area contributed by atoms with Crippen LogP contribution in [0.4, 0.5) is 4.39 Å². The van der Waals surface area contributed by atoms with Gasteiger partial charge in [0.25, 0.3) is 0 Å². The molecule has 4 fully saturated rings. The predicted octanol–water partition coefficient (Wildman–Crippen LogP) is 12.7. The number of aromatic nitrogens is 3. The first kappa shape index (κ1) is 30.2. The van der Waals surface area contributed by atoms with E-state index in [1.807, 2.05) is 24.3 Å². The van der Waals surface area contributed by atoms with Crippen LogP contribution in [0.5, 0.6) is 0 Å². The van der Waals surface area contributed by atoms with Crippen molar-refractivity contribution in [1.29, 1.82) is 0 Å². The largest absolute Gasteiger partial charge is 0.277 e. The van der Waals surface area contributed by atoms with E-state index in [1.165, 1.54) is 76.2 Å². The molecular weight excluding hydrogens is 674 g/mol. The summed E-state index contributed by atoms with van der Waals surface area (Å²) in [5.74, 6) is 3.70. The van der Waals surface area contributed by atoms with Crippen LogP contribution < -0.4 is 0 Å². The molecule has 0 N–H and O–H groups in total. The highest BCUT2D eigenvalue weighted by molar-refractivity contribution is 6.19. The molecule has 4 saturated carbocycles. The Bertz CT molecular complexity index is 3100. The quantitative estimate of drug-likeness (QED) is 0.183. The SMILES string of the molecule is Fc1ccc(-c2nc(-n3c4ccc(-c5ccc6c(c5)-c5ccccc5C65C6CC7CC(C6)C5C7)cc4c4ccc5ccccc5c43)nc3ccccc23)cc1. The molecule has 4 bridgehead atoms. The molecule has 262 valence electrons. The number of halogens is 1. The molecule has 0 aliphatic heterocycles. The molecule has 55 heavy (non-hydrogen) atoms. The van der Waals surface area contributed by atoms with Gasteiger partial charge in [-0.05, 0) is 137 Å². The van der Waals surface area contributed by atoms with Crippen molar-refractivity contribution in [2.75, 3.05) is 0 Å². The van der Waals surface area contributed by atoms with Gasteiger partial charge in [-0.25, -0.2) is 14.4 Å². The first-order chi connectivity index (χ1) is 27.1. The molecule has 5 aliphatic rings. The predicted molar refractivity (Wildman–Crippen MR) is 221 cm³/mol. The molecule has 0 amide bonds. The van der Waals surface area contributed by atoms with Crippen LogP contribution in [-0.4, -0.2) is 14.5 Å². The van der Waals surface area contributed by atoms with Gasteiger partial charge in [-0.3, -0.25) is 4.57 Å². The summed E-state index contributed by atoms with van der Waals surface area (Å²) in [6.07, 6.45) is 5.64. The van der Waals surface area contributed by atoms with E-state index in [9.17, 15) is 4.39 Å². The number of benzene rings is 7. The molecule has 0 radical (unpaired) electrons. The fraction of sp³-hybridized carbons (Fsp3) is 0.176. The summed E-state index contributed by atoms with van der Waals surface area (Å²) in [5.41, 5.74) is 13.3. The van der Waals surface area contributed by atoms with Gasteiger partial charge >= 0.3 is 0 Å². The average Bonchev–Trinajstić information content (AvgIpc) is 3.89. The fourth-order valence-electron chi connectivity index (χ4n) is 12.3. The molecule has 4 heteroatoms. The molecular formula is C51H36FN3. The molecule has 14 rings (SSSR count). The minimum absolute atomic E-state index is 0.188. The van der Waals surface area contributed by atoms with Gasteiger partial charge in [0, 0.05) is 32.5 Å². The summed E-state index contributed by atoms with van der Waals surface area (Å²) in [5, 5.41) is 5.58. The summed E-state index contributed by atoms with van der Waals surface area (Å²) in [4.78, 5) is 10.5. The Morgan fingerprint density at radius 3 is 2.24 bits per heavy atom. The van der Waals surface area contributed by atoms with E-state index in [4.69, 9.17) is 9.97 Å². The lowest BCUT2D eigenvalue weighted by Crippen LogP contribution is -2.40. The maximum Gasteiger partial charge on any atom is 0.235 e. The summed E-state index contributed by atoms with van der Waals surface area (Å²) >= 11 is 0. The van der Waals surface area contributed by atoms with Crippen LogP contribution in [0, 0.1) is 29.5 Å². The van der Waals surface area contributed by atoms with Gasteiger partial charge in [0.2, 0.25) is 5.95 Å². The van der Waals surface area contributed by atoms with E-state index in [2.05, 4.69) is 102 Å². The minimum atomic E-state index is -0.267. The van der Waals surface area contributed by atoms with Gasteiger partial charge in [-0.15, -0.1) is 0 Å². The lowest BCUT2D eigenvalue weighted by atomic mass is 9.59. The summed E-state index contributed by atoms with van der Waals surface area (Å²) in [6.45, 7) is 0. The summed E-state index contributed by atoms with van der Waals surface area (Å²) in [6, 6.07) is 51.5. The van der Waals surface area contributed by atoms with Crippen LogP contribution in [0.15, 0.2) is 146 Å². The Morgan fingerprint density at radius 1 is 0.564 bits per heavy atom. The molecule has 5 aliphatic carbocycles. The lowest BCUT2D eigenvalue weighted by molar-refractivity contribution is 0.191. The standard InChI is InChI=1S/C51H36FN3/c52-36-18-13-31(14-19-36)48-40-10-4-6-12-46(40)53-50(54-48)55-47-22-17-33(28-42(47)39-20-15-30-7-1-2-8-37(30)49(39)55)32-16-21-44-41(27-32)38-9-3-5-11-43(38)51(44)35-24-29-23-34(26-35)45(51)25-29/h1-22,27-29,34-35,45H,23-26H2. The zero-order valence-electron chi connectivity index (χ0n) is 30.2. The minimum Gasteiger partial charge on any atom is -0.277 e. The second-order valence-corrected chi connectivity index (χ2v) is 16.7. The first-order valence-electron chi connectivity index (χ1n) is 19.9. The van der Waals surface area contributed by atoms with E-state index in [-0.39, 0.29) is 11.2 Å². The van der Waals surface area contributed by atoms with Crippen LogP contribution in [0.3, 0.4) is 0 Å². The molecule has 9 aromatic rings. The van der Waals surface area contributed by atoms with Gasteiger partial charge in [0.15, 0.2) is 0 Å². The zero-order valence-corrected chi connectivity index (χ0v) is 30.2. The van der Waals surface area contributed by atoms with Crippen LogP contribution >= 0.6 is 0 Å². The molecule has 2 aromatic heterocycles. The maximum atomic E-state index is 14.1. The monoisotopic (exact) mass is 709 g/mol. The van der Waals surface area contributed by atoms with E-state index in [1.54, 1.807) is 23.3 Å². The van der Waals surface area contributed by atoms with E-state index in [0.717, 1.165) is 62.3 Å². The summed E-state index contributed by atoms with van der Waals surface area (Å²) < 4.78 is 16.3. The Morgan fingerprint density at radius 2 is 1.33 bits per heavy atom. The fourth-order valence-corrected chi connectivity index (χ4v) is 12.3. The van der Waals surface area contributed by atoms with Crippen molar-refractivity contribution in [2.45, 2.75) is 31.1 Å². The lowest BCUT2D eigenvalue weighted by Gasteiger charge is -2.43. The molecule has 1 spiro atoms. The second-order valence-electron chi connectivity index (χ2n) is 16.7. The molecule has 5 unspecified atom stereocenters. The highest BCUT2D eigenvalue weighted by atomic mass is 19.1. The van der Waals surface area contributed by atoms with E-state index < -0.39 is 0 Å². The van der Waals surface area contributed by atoms with Crippen molar-refractivity contribution in [1.82, 2.24) is 14.5 Å². The molecule has 3 nitrogen and oxygen atoms in total. The van der Waals surface area contributed by atoms with Crippen molar-refractivity contribution in [3.8, 4) is 39.5 Å². The third-order valence-electron chi connectivity index (χ3n) is 14.2. The van der Waals surface area contributed by atoms with Crippen LogP contribution in [0.2, 0.25) is 0 Å². The smallest absolute Gasteiger partial charge is 0.235 e. The average molecular weight is 710 g/mol. The summed E-state index contributed by atoms with van der Waals surface area (Å²) in [7, 11) is 0. The van der Waals surface area contributed by atoms with Gasteiger partial charge in [0.1, 0.15) is 5.82 Å². The third-order valence-corrected chi connectivity index (χ3v) is 14.2. The zero-order chi connectivity index (χ0) is 36.0. The van der Waals surface area contributed by atoms with Crippen molar-refractivity contribution in [3.63, 3.8) is 0 Å². The van der Waals surface area contributed by atoms with Crippen molar-refractivity contribution in [3.05, 3.63) is 163 Å². The molecule has 2 heterocycles. The number of hydrogen-bond acceptors (Lipinski definition) is 2. The van der Waals surface area contributed by atoms with E-state index >= 15 is 0 Å². The van der Waals surface area contributed by atoms with Crippen molar-refractivity contribution >= 4 is 43.5 Å². The van der Waals surface area contributed by atoms with Crippen molar-refractivity contribution in [2.24, 2.45) is 23.7 Å². The Labute approximate surface area is 318 Å². The number of rotatable bonds is 3. The van der Waals surface area contributed by atoms with Crippen LogP contribution in [0.25, 0.3) is 82.9 Å². The van der Waals surface area contributed by atoms with Gasteiger partial charge < -0.3 is 0 Å². The molecule has 7 aromatic carbocycles. The number of para-hydroxylation sites is 1. The van der Waals surface area contributed by atoms with Gasteiger partial charge in [-0.1, -0.05) is 97.1 Å². The van der Waals surface area contributed by atoms with Crippen LogP contribution in [0.1, 0.15) is 36.8 Å². The third kappa shape index (κ3) is 3.94. The second kappa shape index (κ2) is 10.8. The highest BCUT2D eigenvalue weighted by Gasteiger charge is 2.65. The van der Waals surface area contributed by atoms with Gasteiger partial charge in [0.05, 0.1) is 22.2 Å². The van der Waals surface area contributed by atoms with Crippen molar-refractivity contribution < 1.29 is 4.39 Å². The molecule has 5 atom stereocenters. The maximum absolute atomic E-state index is 14.1. The van der Waals surface area contributed by atoms with Crippen LogP contribution in [-0.2, 0) is 5.41 Å². The Balaban J connectivity index is 1.03. The van der Waals surface area contributed by atoms with Gasteiger partial charge in [-0.2, -0.15) is 0 Å². The number of hydrogen-bond donors (Lipinski definition) is 0. The normalized spacial score (nSPS) is 23.1. The van der Waals surface area contributed by atoms with E-state index in [0.29, 0.717) is 5.95 Å². The molecule has 0 saturated heterocycles. The Hall–Kier alpha value is -6.13. The first-order valence-corrected chi connectivity index (χ1v) is 19.9. The Kier molecular flexibility index (Phi) is 5.91.